The van der Waals surface area contributed by atoms with Crippen LogP contribution >= 0.6 is 0 Å². The fourth-order valence-electron chi connectivity index (χ4n) is 3.23. The van der Waals surface area contributed by atoms with Gasteiger partial charge in [-0.1, -0.05) is 29.8 Å². The van der Waals surface area contributed by atoms with Gasteiger partial charge in [-0.25, -0.2) is 0 Å². The molecular formula is C18H25N3O2. The van der Waals surface area contributed by atoms with E-state index in [1.165, 1.54) is 11.1 Å². The van der Waals surface area contributed by atoms with E-state index in [4.69, 9.17) is 4.84 Å². The van der Waals surface area contributed by atoms with Crippen LogP contribution in [0.3, 0.4) is 0 Å². The third-order valence-electron chi connectivity index (χ3n) is 4.51. The van der Waals surface area contributed by atoms with E-state index < -0.39 is 0 Å². The zero-order chi connectivity index (χ0) is 16.2. The van der Waals surface area contributed by atoms with Crippen LogP contribution in [-0.4, -0.2) is 37.4 Å². The summed E-state index contributed by atoms with van der Waals surface area (Å²) in [7, 11) is 0. The zero-order valence-corrected chi connectivity index (χ0v) is 14.0. The molecule has 5 nitrogen and oxygen atoms in total. The monoisotopic (exact) mass is 315 g/mol. The molecule has 3 rings (SSSR count). The standard InChI is InChI=1S/C18H25N3O2/c1-3-15-10-16(23-20-15)11-19-12-18(22)21-8-4-5-14-9-13(2)6-7-17(14)21/h6-7,9,16,19H,3-5,8,10-12H2,1-2H3. The number of amides is 1. The molecule has 0 saturated carbocycles. The van der Waals surface area contributed by atoms with Gasteiger partial charge in [0.15, 0.2) is 0 Å². The molecule has 2 heterocycles. The molecule has 124 valence electrons. The second kappa shape index (κ2) is 7.13. The van der Waals surface area contributed by atoms with E-state index in [0.29, 0.717) is 13.1 Å². The van der Waals surface area contributed by atoms with E-state index in [1.54, 1.807) is 0 Å². The van der Waals surface area contributed by atoms with Gasteiger partial charge in [0, 0.05) is 25.2 Å². The molecule has 1 N–H and O–H groups in total. The molecule has 0 bridgehead atoms. The number of nitrogens with one attached hydrogen (secondary N) is 1. The number of carbonyl (C=O) groups excluding carboxylic acids is 1. The van der Waals surface area contributed by atoms with Crippen molar-refractivity contribution in [3.8, 4) is 0 Å². The van der Waals surface area contributed by atoms with Gasteiger partial charge in [-0.15, -0.1) is 0 Å². The van der Waals surface area contributed by atoms with Crippen LogP contribution in [-0.2, 0) is 16.1 Å². The summed E-state index contributed by atoms with van der Waals surface area (Å²) in [5.74, 6) is 0.129. The van der Waals surface area contributed by atoms with Crippen LogP contribution in [0.15, 0.2) is 23.4 Å². The number of aryl methyl sites for hydroxylation is 2. The Bertz CT molecular complexity index is 612. The van der Waals surface area contributed by atoms with Crippen molar-refractivity contribution >= 4 is 17.3 Å². The zero-order valence-electron chi connectivity index (χ0n) is 14.0. The minimum absolute atomic E-state index is 0.0639. The van der Waals surface area contributed by atoms with E-state index >= 15 is 0 Å². The van der Waals surface area contributed by atoms with Gasteiger partial charge in [-0.05, 0) is 37.8 Å². The summed E-state index contributed by atoms with van der Waals surface area (Å²) in [6.07, 6.45) is 3.94. The molecule has 0 radical (unpaired) electrons. The Morgan fingerprint density at radius 2 is 2.35 bits per heavy atom. The highest BCUT2D eigenvalue weighted by Crippen LogP contribution is 2.27. The number of carbonyl (C=O) groups is 1. The van der Waals surface area contributed by atoms with Crippen molar-refractivity contribution in [1.82, 2.24) is 5.32 Å². The molecule has 0 aliphatic carbocycles. The van der Waals surface area contributed by atoms with E-state index in [9.17, 15) is 4.79 Å². The molecule has 2 aliphatic heterocycles. The Morgan fingerprint density at radius 3 is 3.13 bits per heavy atom. The Balaban J connectivity index is 1.52. The first-order valence-electron chi connectivity index (χ1n) is 8.49. The van der Waals surface area contributed by atoms with E-state index in [0.717, 1.165) is 43.6 Å². The van der Waals surface area contributed by atoms with Gasteiger partial charge in [-0.2, -0.15) is 0 Å². The molecule has 1 amide bonds. The highest BCUT2D eigenvalue weighted by molar-refractivity contribution is 5.96. The van der Waals surface area contributed by atoms with Gasteiger partial charge in [0.05, 0.1) is 12.3 Å². The van der Waals surface area contributed by atoms with Crippen LogP contribution in [0, 0.1) is 6.92 Å². The lowest BCUT2D eigenvalue weighted by molar-refractivity contribution is -0.118. The molecule has 1 atom stereocenters. The minimum atomic E-state index is 0.0639. The summed E-state index contributed by atoms with van der Waals surface area (Å²) < 4.78 is 0. The largest absolute Gasteiger partial charge is 0.391 e. The molecule has 0 spiro atoms. The van der Waals surface area contributed by atoms with Crippen molar-refractivity contribution in [3.05, 3.63) is 29.3 Å². The third kappa shape index (κ3) is 3.72. The minimum Gasteiger partial charge on any atom is -0.391 e. The lowest BCUT2D eigenvalue weighted by Crippen LogP contribution is -2.42. The number of rotatable bonds is 5. The van der Waals surface area contributed by atoms with Crippen molar-refractivity contribution in [3.63, 3.8) is 0 Å². The predicted octanol–water partition coefficient (Wildman–Crippen LogP) is 2.42. The van der Waals surface area contributed by atoms with Crippen molar-refractivity contribution in [1.29, 1.82) is 0 Å². The summed E-state index contributed by atoms with van der Waals surface area (Å²) in [6, 6.07) is 6.34. The van der Waals surface area contributed by atoms with Gasteiger partial charge in [-0.3, -0.25) is 4.79 Å². The Kier molecular flexibility index (Phi) is 4.96. The summed E-state index contributed by atoms with van der Waals surface area (Å²) in [6.45, 7) is 5.98. The van der Waals surface area contributed by atoms with E-state index in [1.807, 2.05) is 4.90 Å². The number of oxime groups is 1. The summed E-state index contributed by atoms with van der Waals surface area (Å²) in [5.41, 5.74) is 4.71. The number of hydrogen-bond acceptors (Lipinski definition) is 4. The van der Waals surface area contributed by atoms with Crippen LogP contribution in [0.2, 0.25) is 0 Å². The number of benzene rings is 1. The van der Waals surface area contributed by atoms with Crippen molar-refractivity contribution in [2.24, 2.45) is 5.16 Å². The first-order valence-corrected chi connectivity index (χ1v) is 8.49. The molecule has 1 aromatic carbocycles. The summed E-state index contributed by atoms with van der Waals surface area (Å²) in [4.78, 5) is 19.8. The molecule has 0 aromatic heterocycles. The van der Waals surface area contributed by atoms with Crippen LogP contribution < -0.4 is 10.2 Å². The van der Waals surface area contributed by atoms with Gasteiger partial charge >= 0.3 is 0 Å². The Hall–Kier alpha value is -1.88. The second-order valence-electron chi connectivity index (χ2n) is 6.35. The molecule has 1 aromatic rings. The molecular weight excluding hydrogens is 290 g/mol. The van der Waals surface area contributed by atoms with Gasteiger partial charge in [0.2, 0.25) is 5.91 Å². The maximum Gasteiger partial charge on any atom is 0.240 e. The van der Waals surface area contributed by atoms with Crippen LogP contribution in [0.25, 0.3) is 0 Å². The smallest absolute Gasteiger partial charge is 0.240 e. The maximum atomic E-state index is 12.5. The number of hydrogen-bond donors (Lipinski definition) is 1. The average molecular weight is 315 g/mol. The van der Waals surface area contributed by atoms with Crippen LogP contribution in [0.1, 0.15) is 37.3 Å². The normalized spacial score (nSPS) is 20.0. The average Bonchev–Trinajstić information content (AvgIpc) is 3.02. The number of nitrogens with zero attached hydrogens (tertiary/aromatic N) is 2. The Labute approximate surface area is 137 Å². The van der Waals surface area contributed by atoms with Crippen molar-refractivity contribution in [2.75, 3.05) is 24.5 Å². The van der Waals surface area contributed by atoms with E-state index in [2.05, 4.69) is 42.5 Å². The quantitative estimate of drug-likeness (QED) is 0.908. The summed E-state index contributed by atoms with van der Waals surface area (Å²) in [5, 5.41) is 7.26. The topological polar surface area (TPSA) is 53.9 Å². The third-order valence-corrected chi connectivity index (χ3v) is 4.51. The molecule has 1 unspecified atom stereocenters. The molecule has 0 saturated heterocycles. The molecule has 23 heavy (non-hydrogen) atoms. The van der Waals surface area contributed by atoms with Gasteiger partial charge in [0.1, 0.15) is 6.10 Å². The fraction of sp³-hybridized carbons (Fsp3) is 0.556. The molecule has 0 fully saturated rings. The molecule has 2 aliphatic rings. The number of anilines is 1. The van der Waals surface area contributed by atoms with Crippen molar-refractivity contribution < 1.29 is 9.63 Å². The van der Waals surface area contributed by atoms with E-state index in [-0.39, 0.29) is 12.0 Å². The highest BCUT2D eigenvalue weighted by atomic mass is 16.6. The van der Waals surface area contributed by atoms with Gasteiger partial charge < -0.3 is 15.1 Å². The molecule has 5 heteroatoms. The van der Waals surface area contributed by atoms with Crippen molar-refractivity contribution in [2.45, 2.75) is 45.6 Å². The fourth-order valence-corrected chi connectivity index (χ4v) is 3.23. The Morgan fingerprint density at radius 1 is 1.48 bits per heavy atom. The predicted molar refractivity (Wildman–Crippen MR) is 91.9 cm³/mol. The summed E-state index contributed by atoms with van der Waals surface area (Å²) >= 11 is 0. The second-order valence-corrected chi connectivity index (χ2v) is 6.35. The number of fused-ring (bicyclic) bond motifs is 1. The lowest BCUT2D eigenvalue weighted by atomic mass is 9.99. The SMILES string of the molecule is CCC1=NOC(CNCC(=O)N2CCCc3cc(C)ccc32)C1. The highest BCUT2D eigenvalue weighted by Gasteiger charge is 2.23. The van der Waals surface area contributed by atoms with Gasteiger partial charge in [0.25, 0.3) is 0 Å². The van der Waals surface area contributed by atoms with Crippen LogP contribution in [0.4, 0.5) is 5.69 Å². The first kappa shape index (κ1) is 16.0. The van der Waals surface area contributed by atoms with Crippen LogP contribution in [0.5, 0.6) is 0 Å². The maximum absolute atomic E-state index is 12.5. The lowest BCUT2D eigenvalue weighted by Gasteiger charge is -2.30. The first-order chi connectivity index (χ1) is 11.2.